The Labute approximate surface area is 207 Å². The van der Waals surface area contributed by atoms with Gasteiger partial charge in [0.2, 0.25) is 5.83 Å². The van der Waals surface area contributed by atoms with E-state index in [2.05, 4.69) is 17.9 Å². The van der Waals surface area contributed by atoms with E-state index in [1.54, 1.807) is 72.8 Å². The second kappa shape index (κ2) is 12.7. The molecule has 0 aromatic heterocycles. The van der Waals surface area contributed by atoms with Crippen LogP contribution in [0.25, 0.3) is 11.1 Å². The highest BCUT2D eigenvalue weighted by atomic mass is 19.1. The van der Waals surface area contributed by atoms with Crippen LogP contribution < -0.4 is 14.2 Å². The molecule has 0 aliphatic rings. The van der Waals surface area contributed by atoms with Crippen LogP contribution in [-0.4, -0.2) is 31.1 Å². The third-order valence-electron chi connectivity index (χ3n) is 4.74. The molecule has 0 spiro atoms. The molecule has 3 rings (SSSR count). The van der Waals surface area contributed by atoms with Crippen molar-refractivity contribution < 1.29 is 37.7 Å². The fourth-order valence-corrected chi connectivity index (χ4v) is 2.93. The Morgan fingerprint density at radius 2 is 1.28 bits per heavy atom. The van der Waals surface area contributed by atoms with Gasteiger partial charge in [-0.15, -0.1) is 0 Å². The van der Waals surface area contributed by atoms with Crippen LogP contribution in [0.1, 0.15) is 16.8 Å². The van der Waals surface area contributed by atoms with Gasteiger partial charge in [-0.05, 0) is 59.7 Å². The molecule has 0 heterocycles. The third-order valence-corrected chi connectivity index (χ3v) is 4.74. The zero-order chi connectivity index (χ0) is 25.9. The van der Waals surface area contributed by atoms with E-state index in [9.17, 15) is 18.8 Å². The van der Waals surface area contributed by atoms with E-state index in [1.165, 1.54) is 0 Å². The normalized spacial score (nSPS) is 10.1. The highest BCUT2D eigenvalue weighted by molar-refractivity contribution is 5.91. The molecule has 0 unspecified atom stereocenters. The molecule has 0 fully saturated rings. The van der Waals surface area contributed by atoms with Gasteiger partial charge in [0.25, 0.3) is 0 Å². The van der Waals surface area contributed by atoms with Crippen molar-refractivity contribution in [2.24, 2.45) is 0 Å². The van der Waals surface area contributed by atoms with Crippen LogP contribution in [0.15, 0.2) is 97.9 Å². The van der Waals surface area contributed by atoms with Crippen molar-refractivity contribution in [2.75, 3.05) is 13.2 Å². The minimum atomic E-state index is -1.14. The predicted octanol–water partition coefficient (Wildman–Crippen LogP) is 5.46. The first-order valence-corrected chi connectivity index (χ1v) is 10.9. The summed E-state index contributed by atoms with van der Waals surface area (Å²) in [6.45, 7) is 6.47. The maximum Gasteiger partial charge on any atom is 0.366 e. The number of benzene rings is 3. The van der Waals surface area contributed by atoms with Crippen molar-refractivity contribution in [2.45, 2.75) is 6.42 Å². The summed E-state index contributed by atoms with van der Waals surface area (Å²) in [5.41, 5.74) is 2.13. The molecule has 0 aliphatic heterocycles. The molecule has 7 nitrogen and oxygen atoms in total. The Morgan fingerprint density at radius 1 is 0.750 bits per heavy atom. The van der Waals surface area contributed by atoms with Gasteiger partial charge >= 0.3 is 17.9 Å². The molecule has 0 N–H and O–H groups in total. The van der Waals surface area contributed by atoms with Crippen molar-refractivity contribution >= 4 is 17.9 Å². The first-order chi connectivity index (χ1) is 17.4. The summed E-state index contributed by atoms with van der Waals surface area (Å²) in [4.78, 5) is 34.7. The molecule has 0 saturated heterocycles. The number of ether oxygens (including phenoxy) is 4. The SMILES string of the molecule is C=CC(=O)Oc1ccc(-c2ccc(C(=O)Oc3ccc(OCCCOC(=O)C(=C)F)cc3)cc2)cc1. The maximum atomic E-state index is 12.5. The van der Waals surface area contributed by atoms with Gasteiger partial charge in [0, 0.05) is 12.5 Å². The number of halogens is 1. The standard InChI is InChI=1S/C28H23FO7/c1-3-26(30)35-24-11-9-21(10-12-24)20-5-7-22(8-6-20)28(32)36-25-15-13-23(14-16-25)33-17-4-18-34-27(31)19(2)29/h3,5-16H,1-2,4,17-18H2. The molecular weight excluding hydrogens is 467 g/mol. The Hall–Kier alpha value is -4.72. The van der Waals surface area contributed by atoms with Crippen LogP contribution >= 0.6 is 0 Å². The molecule has 8 heteroatoms. The van der Waals surface area contributed by atoms with E-state index in [1.807, 2.05) is 0 Å². The van der Waals surface area contributed by atoms with Crippen molar-refractivity contribution in [3.63, 3.8) is 0 Å². The quantitative estimate of drug-likeness (QED) is 0.153. The van der Waals surface area contributed by atoms with Gasteiger partial charge in [-0.2, -0.15) is 4.39 Å². The van der Waals surface area contributed by atoms with Gasteiger partial charge in [-0.25, -0.2) is 14.4 Å². The van der Waals surface area contributed by atoms with Crippen LogP contribution in [0.3, 0.4) is 0 Å². The first-order valence-electron chi connectivity index (χ1n) is 10.9. The monoisotopic (exact) mass is 490 g/mol. The van der Waals surface area contributed by atoms with E-state index in [-0.39, 0.29) is 13.2 Å². The zero-order valence-electron chi connectivity index (χ0n) is 19.3. The van der Waals surface area contributed by atoms with Crippen molar-refractivity contribution in [3.05, 3.63) is 103 Å². The molecule has 3 aromatic rings. The lowest BCUT2D eigenvalue weighted by Gasteiger charge is -2.09. The smallest absolute Gasteiger partial charge is 0.366 e. The summed E-state index contributed by atoms with van der Waals surface area (Å²) in [6.07, 6.45) is 1.46. The van der Waals surface area contributed by atoms with Crippen LogP contribution in [0.2, 0.25) is 0 Å². The average Bonchev–Trinajstić information content (AvgIpc) is 2.89. The Bertz CT molecular complexity index is 1230. The van der Waals surface area contributed by atoms with Crippen molar-refractivity contribution in [3.8, 4) is 28.4 Å². The van der Waals surface area contributed by atoms with Gasteiger partial charge in [0.15, 0.2) is 0 Å². The lowest BCUT2D eigenvalue weighted by molar-refractivity contribution is -0.141. The van der Waals surface area contributed by atoms with Crippen LogP contribution in [-0.2, 0) is 14.3 Å². The molecule has 0 bridgehead atoms. The predicted molar refractivity (Wildman–Crippen MR) is 130 cm³/mol. The summed E-state index contributed by atoms with van der Waals surface area (Å²) < 4.78 is 33.1. The van der Waals surface area contributed by atoms with Gasteiger partial charge in [0.1, 0.15) is 17.2 Å². The van der Waals surface area contributed by atoms with E-state index in [4.69, 9.17) is 14.2 Å². The van der Waals surface area contributed by atoms with E-state index < -0.39 is 23.7 Å². The maximum absolute atomic E-state index is 12.5. The molecule has 0 radical (unpaired) electrons. The molecule has 184 valence electrons. The first kappa shape index (κ1) is 25.9. The largest absolute Gasteiger partial charge is 0.493 e. The molecule has 0 amide bonds. The minimum absolute atomic E-state index is 0.00667. The van der Waals surface area contributed by atoms with E-state index >= 15 is 0 Å². The molecular formula is C28H23FO7. The second-order valence-corrected chi connectivity index (χ2v) is 7.33. The van der Waals surface area contributed by atoms with Gasteiger partial charge in [0.05, 0.1) is 18.8 Å². The van der Waals surface area contributed by atoms with Gasteiger partial charge < -0.3 is 18.9 Å². The number of carbonyl (C=O) groups excluding carboxylic acids is 3. The Morgan fingerprint density at radius 3 is 1.86 bits per heavy atom. The summed E-state index contributed by atoms with van der Waals surface area (Å²) in [6, 6.07) is 20.3. The molecule has 0 saturated carbocycles. The summed E-state index contributed by atoms with van der Waals surface area (Å²) in [7, 11) is 0. The summed E-state index contributed by atoms with van der Waals surface area (Å²) in [5, 5.41) is 0. The number of carbonyl (C=O) groups is 3. The minimum Gasteiger partial charge on any atom is -0.493 e. The number of rotatable bonds is 11. The molecule has 0 atom stereocenters. The summed E-state index contributed by atoms with van der Waals surface area (Å²) in [5.74, 6) is -1.99. The van der Waals surface area contributed by atoms with Crippen LogP contribution in [0, 0.1) is 0 Å². The summed E-state index contributed by atoms with van der Waals surface area (Å²) >= 11 is 0. The van der Waals surface area contributed by atoms with Crippen molar-refractivity contribution in [1.82, 2.24) is 0 Å². The second-order valence-electron chi connectivity index (χ2n) is 7.33. The average molecular weight is 490 g/mol. The van der Waals surface area contributed by atoms with Crippen molar-refractivity contribution in [1.29, 1.82) is 0 Å². The molecule has 36 heavy (non-hydrogen) atoms. The fourth-order valence-electron chi connectivity index (χ4n) is 2.93. The number of hydrogen-bond donors (Lipinski definition) is 0. The zero-order valence-corrected chi connectivity index (χ0v) is 19.3. The van der Waals surface area contributed by atoms with Gasteiger partial charge in [-0.3, -0.25) is 0 Å². The number of esters is 3. The molecule has 3 aromatic carbocycles. The highest BCUT2D eigenvalue weighted by Crippen LogP contribution is 2.24. The lowest BCUT2D eigenvalue weighted by Crippen LogP contribution is -2.09. The Kier molecular flexibility index (Phi) is 9.11. The van der Waals surface area contributed by atoms with Crippen LogP contribution in [0.4, 0.5) is 4.39 Å². The Balaban J connectivity index is 1.48. The third kappa shape index (κ3) is 7.66. The van der Waals surface area contributed by atoms with Crippen LogP contribution in [0.5, 0.6) is 17.2 Å². The topological polar surface area (TPSA) is 88.1 Å². The highest BCUT2D eigenvalue weighted by Gasteiger charge is 2.10. The molecule has 0 aliphatic carbocycles. The van der Waals surface area contributed by atoms with E-state index in [0.717, 1.165) is 17.2 Å². The number of hydrogen-bond acceptors (Lipinski definition) is 7. The van der Waals surface area contributed by atoms with Gasteiger partial charge in [-0.1, -0.05) is 37.4 Å². The fraction of sp³-hybridized carbons (Fsp3) is 0.107. The lowest BCUT2D eigenvalue weighted by atomic mass is 10.0. The van der Waals surface area contributed by atoms with E-state index in [0.29, 0.717) is 29.2 Å².